The highest BCUT2D eigenvalue weighted by atomic mass is 16.2. The highest BCUT2D eigenvalue weighted by Gasteiger charge is 2.14. The van der Waals surface area contributed by atoms with E-state index in [4.69, 9.17) is 5.73 Å². The molecule has 0 radical (unpaired) electrons. The van der Waals surface area contributed by atoms with Crippen molar-refractivity contribution in [2.75, 3.05) is 5.32 Å². The van der Waals surface area contributed by atoms with Gasteiger partial charge in [0.25, 0.3) is 0 Å². The molecular weight excluding hydrogens is 300 g/mol. The topological polar surface area (TPSA) is 80.9 Å². The van der Waals surface area contributed by atoms with Crippen LogP contribution in [0.25, 0.3) is 11.1 Å². The molecule has 5 heteroatoms. The van der Waals surface area contributed by atoms with Crippen molar-refractivity contribution in [1.82, 2.24) is 9.97 Å². The van der Waals surface area contributed by atoms with Gasteiger partial charge in [-0.05, 0) is 41.8 Å². The number of nitrogens with two attached hydrogens (primary N) is 1. The van der Waals surface area contributed by atoms with Crippen LogP contribution in [0.5, 0.6) is 0 Å². The lowest BCUT2D eigenvalue weighted by Gasteiger charge is -2.12. The minimum Gasteiger partial charge on any atom is -0.320 e. The Kier molecular flexibility index (Phi) is 4.93. The first-order valence-electron chi connectivity index (χ1n) is 7.69. The van der Waals surface area contributed by atoms with Crippen LogP contribution in [0, 0.1) is 0 Å². The number of benzene rings is 1. The molecule has 0 saturated heterocycles. The summed E-state index contributed by atoms with van der Waals surface area (Å²) in [5.41, 5.74) is 8.99. The molecule has 5 nitrogen and oxygen atoms in total. The van der Waals surface area contributed by atoms with Gasteiger partial charge in [0, 0.05) is 24.2 Å². The van der Waals surface area contributed by atoms with E-state index in [9.17, 15) is 4.79 Å². The summed E-state index contributed by atoms with van der Waals surface area (Å²) in [6, 6.07) is 16.6. The number of nitrogens with one attached hydrogen (secondary N) is 1. The molecule has 0 fully saturated rings. The second-order valence-electron chi connectivity index (χ2n) is 5.45. The Labute approximate surface area is 140 Å². The Hall–Kier alpha value is -3.05. The molecule has 0 aliphatic heterocycles. The number of anilines is 1. The number of carbonyl (C=O) groups excluding carboxylic acids is 1. The third-order valence-electron chi connectivity index (χ3n) is 3.66. The highest BCUT2D eigenvalue weighted by molar-refractivity contribution is 5.94. The number of hydrogen-bond acceptors (Lipinski definition) is 4. The van der Waals surface area contributed by atoms with Crippen molar-refractivity contribution in [3.05, 3.63) is 78.8 Å². The SMILES string of the molecule is N[C@@H](Cc1ccccc1)C(=O)Nc1ccc(-c2ccncc2)cn1. The molecule has 0 aliphatic carbocycles. The molecule has 3 rings (SSSR count). The molecule has 0 spiro atoms. The minimum atomic E-state index is -0.617. The molecule has 3 aromatic rings. The van der Waals surface area contributed by atoms with Crippen molar-refractivity contribution in [2.24, 2.45) is 5.73 Å². The first-order valence-corrected chi connectivity index (χ1v) is 7.69. The smallest absolute Gasteiger partial charge is 0.242 e. The van der Waals surface area contributed by atoms with Gasteiger partial charge in [0.2, 0.25) is 5.91 Å². The predicted molar refractivity (Wildman–Crippen MR) is 94.2 cm³/mol. The van der Waals surface area contributed by atoms with Crippen molar-refractivity contribution in [2.45, 2.75) is 12.5 Å². The lowest BCUT2D eigenvalue weighted by molar-refractivity contribution is -0.117. The van der Waals surface area contributed by atoms with Crippen LogP contribution in [-0.2, 0) is 11.2 Å². The first kappa shape index (κ1) is 15.8. The lowest BCUT2D eigenvalue weighted by Crippen LogP contribution is -2.37. The third kappa shape index (κ3) is 4.02. The fourth-order valence-electron chi connectivity index (χ4n) is 2.36. The lowest BCUT2D eigenvalue weighted by atomic mass is 10.1. The number of aromatic nitrogens is 2. The Bertz CT molecular complexity index is 789. The van der Waals surface area contributed by atoms with E-state index in [1.165, 1.54) is 0 Å². The Morgan fingerprint density at radius 3 is 2.42 bits per heavy atom. The average molecular weight is 318 g/mol. The van der Waals surface area contributed by atoms with Crippen LogP contribution in [0.3, 0.4) is 0 Å². The van der Waals surface area contributed by atoms with Gasteiger partial charge in [0.05, 0.1) is 6.04 Å². The van der Waals surface area contributed by atoms with E-state index in [1.807, 2.05) is 48.5 Å². The summed E-state index contributed by atoms with van der Waals surface area (Å²) < 4.78 is 0. The highest BCUT2D eigenvalue weighted by Crippen LogP contribution is 2.18. The molecule has 120 valence electrons. The molecule has 2 aromatic heterocycles. The van der Waals surface area contributed by atoms with Crippen LogP contribution in [-0.4, -0.2) is 21.9 Å². The van der Waals surface area contributed by atoms with Gasteiger partial charge in [-0.25, -0.2) is 4.98 Å². The third-order valence-corrected chi connectivity index (χ3v) is 3.66. The Morgan fingerprint density at radius 2 is 1.75 bits per heavy atom. The molecule has 1 aromatic carbocycles. The Morgan fingerprint density at radius 1 is 1.00 bits per heavy atom. The normalized spacial score (nSPS) is 11.7. The molecule has 0 bridgehead atoms. The van der Waals surface area contributed by atoms with Crippen LogP contribution in [0.2, 0.25) is 0 Å². The van der Waals surface area contributed by atoms with E-state index in [0.29, 0.717) is 12.2 Å². The molecule has 0 unspecified atom stereocenters. The monoisotopic (exact) mass is 318 g/mol. The van der Waals surface area contributed by atoms with Gasteiger partial charge in [0.1, 0.15) is 5.82 Å². The van der Waals surface area contributed by atoms with E-state index in [0.717, 1.165) is 16.7 Å². The summed E-state index contributed by atoms with van der Waals surface area (Å²) >= 11 is 0. The largest absolute Gasteiger partial charge is 0.320 e. The van der Waals surface area contributed by atoms with Crippen LogP contribution in [0.1, 0.15) is 5.56 Å². The summed E-state index contributed by atoms with van der Waals surface area (Å²) in [5.74, 6) is 0.240. The molecular formula is C19H18N4O. The fourth-order valence-corrected chi connectivity index (χ4v) is 2.36. The number of rotatable bonds is 5. The van der Waals surface area contributed by atoms with Crippen molar-refractivity contribution < 1.29 is 4.79 Å². The quantitative estimate of drug-likeness (QED) is 0.758. The van der Waals surface area contributed by atoms with E-state index in [2.05, 4.69) is 15.3 Å². The number of hydrogen-bond donors (Lipinski definition) is 2. The molecule has 0 saturated carbocycles. The van der Waals surface area contributed by atoms with Gasteiger partial charge >= 0.3 is 0 Å². The number of nitrogens with zero attached hydrogens (tertiary/aromatic N) is 2. The van der Waals surface area contributed by atoms with Crippen molar-refractivity contribution >= 4 is 11.7 Å². The zero-order chi connectivity index (χ0) is 16.8. The average Bonchev–Trinajstić information content (AvgIpc) is 2.64. The van der Waals surface area contributed by atoms with Gasteiger partial charge in [-0.1, -0.05) is 30.3 Å². The van der Waals surface area contributed by atoms with Crippen molar-refractivity contribution in [1.29, 1.82) is 0 Å². The Balaban J connectivity index is 1.62. The van der Waals surface area contributed by atoms with Crippen molar-refractivity contribution in [3.63, 3.8) is 0 Å². The number of amides is 1. The zero-order valence-corrected chi connectivity index (χ0v) is 13.1. The maximum absolute atomic E-state index is 12.2. The molecule has 3 N–H and O–H groups in total. The maximum Gasteiger partial charge on any atom is 0.242 e. The van der Waals surface area contributed by atoms with E-state index >= 15 is 0 Å². The van der Waals surface area contributed by atoms with Crippen LogP contribution in [0.4, 0.5) is 5.82 Å². The zero-order valence-electron chi connectivity index (χ0n) is 13.1. The molecule has 1 atom stereocenters. The minimum absolute atomic E-state index is 0.247. The van der Waals surface area contributed by atoms with Gasteiger partial charge in [-0.15, -0.1) is 0 Å². The molecule has 1 amide bonds. The summed E-state index contributed by atoms with van der Waals surface area (Å²) in [5, 5.41) is 2.75. The number of carbonyl (C=O) groups is 1. The van der Waals surface area contributed by atoms with Crippen molar-refractivity contribution in [3.8, 4) is 11.1 Å². The second-order valence-corrected chi connectivity index (χ2v) is 5.45. The summed E-state index contributed by atoms with van der Waals surface area (Å²) in [6.45, 7) is 0. The number of pyridine rings is 2. The fraction of sp³-hybridized carbons (Fsp3) is 0.105. The maximum atomic E-state index is 12.2. The van der Waals surface area contributed by atoms with E-state index < -0.39 is 6.04 Å². The van der Waals surface area contributed by atoms with E-state index in [-0.39, 0.29) is 5.91 Å². The summed E-state index contributed by atoms with van der Waals surface area (Å²) in [4.78, 5) is 20.5. The van der Waals surface area contributed by atoms with Gasteiger partial charge < -0.3 is 11.1 Å². The standard InChI is InChI=1S/C19H18N4O/c20-17(12-14-4-2-1-3-5-14)19(24)23-18-7-6-16(13-22-18)15-8-10-21-11-9-15/h1-11,13,17H,12,20H2,(H,22,23,24)/t17-/m0/s1. The molecule has 24 heavy (non-hydrogen) atoms. The summed E-state index contributed by atoms with van der Waals surface area (Å²) in [6.07, 6.45) is 5.66. The van der Waals surface area contributed by atoms with Gasteiger partial charge in [-0.3, -0.25) is 9.78 Å². The van der Waals surface area contributed by atoms with Gasteiger partial charge in [0.15, 0.2) is 0 Å². The van der Waals surface area contributed by atoms with Crippen LogP contribution >= 0.6 is 0 Å². The second kappa shape index (κ2) is 7.48. The van der Waals surface area contributed by atoms with Crippen LogP contribution < -0.4 is 11.1 Å². The molecule has 0 aliphatic rings. The van der Waals surface area contributed by atoms with E-state index in [1.54, 1.807) is 24.7 Å². The van der Waals surface area contributed by atoms with Gasteiger partial charge in [-0.2, -0.15) is 0 Å². The predicted octanol–water partition coefficient (Wildman–Crippen LogP) is 2.65. The molecule has 2 heterocycles. The first-order chi connectivity index (χ1) is 11.7. The summed E-state index contributed by atoms with van der Waals surface area (Å²) in [7, 11) is 0. The van der Waals surface area contributed by atoms with Crippen LogP contribution in [0.15, 0.2) is 73.2 Å².